The fourth-order valence-electron chi connectivity index (χ4n) is 0. The Labute approximate surface area is 39.8 Å². The van der Waals surface area contributed by atoms with Crippen LogP contribution in [0.5, 0.6) is 0 Å². The van der Waals surface area contributed by atoms with E-state index in [2.05, 4.69) is 0 Å². The van der Waals surface area contributed by atoms with Crippen LogP contribution in [0.3, 0.4) is 0 Å². The van der Waals surface area contributed by atoms with Crippen molar-refractivity contribution in [2.24, 2.45) is 0 Å². The molecule has 0 saturated carbocycles. The molecule has 0 aromatic heterocycles. The van der Waals surface area contributed by atoms with Crippen molar-refractivity contribution in [2.75, 3.05) is 0 Å². The van der Waals surface area contributed by atoms with E-state index < -0.39 is 27.8 Å². The Kier molecular flexibility index (Phi) is 20.8. The second-order valence-corrected chi connectivity index (χ2v) is 0.777. The predicted molar refractivity (Wildman–Crippen MR) is 7.79 cm³/mol. The summed E-state index contributed by atoms with van der Waals surface area (Å²) in [5, 5.41) is 0. The van der Waals surface area contributed by atoms with Crippen LogP contribution in [0, 0.1) is 35.2 Å². The minimum atomic E-state index is -2.51. The summed E-state index contributed by atoms with van der Waals surface area (Å²) in [5.41, 5.74) is 0. The molecule has 0 amide bonds. The van der Waals surface area contributed by atoms with Gasteiger partial charge in [-0.1, -0.05) is 0 Å². The van der Waals surface area contributed by atoms with Crippen LogP contribution < -0.4 is 0 Å². The van der Waals surface area contributed by atoms with Crippen LogP contribution in [0.25, 0.3) is 0 Å². The molecular formula is CH3O2U-. The third-order valence-corrected chi connectivity index (χ3v) is 0. The standard InChI is InChI=1S/CH3.2O.U/h1H3;;;/q-1;;;. The average molecular weight is 285 g/mol. The van der Waals surface area contributed by atoms with Crippen LogP contribution >= 0.6 is 0 Å². The maximum absolute atomic E-state index is 8.58. The molecule has 0 spiro atoms. The Morgan fingerprint density at radius 2 is 1.25 bits per heavy atom. The van der Waals surface area contributed by atoms with Crippen molar-refractivity contribution in [3.05, 3.63) is 7.43 Å². The molecule has 0 radical (unpaired) electrons. The zero-order chi connectivity index (χ0) is 2.71. The SMILES string of the molecule is [CH3-].[O]=[U]=[O]. The molecule has 0 unspecified atom stereocenters. The molecule has 3 heteroatoms. The molecular weight excluding hydrogens is 282 g/mol. The first-order valence-electron chi connectivity index (χ1n) is 0.408. The van der Waals surface area contributed by atoms with Crippen LogP contribution in [0.4, 0.5) is 0 Å². The van der Waals surface area contributed by atoms with Gasteiger partial charge in [0.25, 0.3) is 0 Å². The number of hydrogen-bond acceptors (Lipinski definition) is 2. The van der Waals surface area contributed by atoms with Crippen LogP contribution in [-0.4, -0.2) is 0 Å². The van der Waals surface area contributed by atoms with Gasteiger partial charge in [-0.05, 0) is 0 Å². The van der Waals surface area contributed by atoms with E-state index in [0.29, 0.717) is 0 Å². The summed E-state index contributed by atoms with van der Waals surface area (Å²) in [7, 11) is 0. The number of rotatable bonds is 0. The topological polar surface area (TPSA) is 34.1 Å². The molecule has 0 fully saturated rings. The Morgan fingerprint density at radius 3 is 1.25 bits per heavy atom. The third-order valence-electron chi connectivity index (χ3n) is 0. The van der Waals surface area contributed by atoms with E-state index in [4.69, 9.17) is 4.47 Å². The molecule has 24 valence electrons. The van der Waals surface area contributed by atoms with E-state index >= 15 is 0 Å². The summed E-state index contributed by atoms with van der Waals surface area (Å²) in [5.74, 6) is 0. The van der Waals surface area contributed by atoms with Crippen molar-refractivity contribution in [3.8, 4) is 0 Å². The number of hydrogen-bond donors (Lipinski definition) is 0. The molecule has 0 rings (SSSR count). The first-order chi connectivity index (χ1) is 1.41. The molecule has 0 aliphatic carbocycles. The van der Waals surface area contributed by atoms with E-state index in [9.17, 15) is 0 Å². The van der Waals surface area contributed by atoms with Gasteiger partial charge >= 0.3 is 32.3 Å². The predicted octanol–water partition coefficient (Wildman–Crippen LogP) is 0.213. The quantitative estimate of drug-likeness (QED) is 0.596. The van der Waals surface area contributed by atoms with Gasteiger partial charge in [0.1, 0.15) is 0 Å². The Bertz CT molecular complexity index is 27.0. The molecule has 0 aromatic rings. The molecule has 2 nitrogen and oxygen atoms in total. The first-order valence-corrected chi connectivity index (χ1v) is 3.81. The van der Waals surface area contributed by atoms with Crippen molar-refractivity contribution in [1.29, 1.82) is 0 Å². The van der Waals surface area contributed by atoms with Gasteiger partial charge < -0.3 is 7.43 Å². The van der Waals surface area contributed by atoms with Crippen molar-refractivity contribution in [2.45, 2.75) is 0 Å². The minimum absolute atomic E-state index is 0. The third kappa shape index (κ3) is 17.0. The molecule has 0 aliphatic heterocycles. The summed E-state index contributed by atoms with van der Waals surface area (Å²) in [6, 6.07) is 0. The Morgan fingerprint density at radius 1 is 1.25 bits per heavy atom. The van der Waals surface area contributed by atoms with Crippen molar-refractivity contribution in [1.82, 2.24) is 0 Å². The molecule has 0 N–H and O–H groups in total. The molecule has 0 bridgehead atoms. The van der Waals surface area contributed by atoms with E-state index in [1.807, 2.05) is 0 Å². The Balaban J connectivity index is 0. The zero-order valence-electron chi connectivity index (χ0n) is 2.32. The Hall–Kier alpha value is 0.652. The van der Waals surface area contributed by atoms with Crippen LogP contribution in [0.1, 0.15) is 0 Å². The monoisotopic (exact) mass is 285 g/mol. The molecule has 0 aromatic carbocycles. The van der Waals surface area contributed by atoms with E-state index in [0.717, 1.165) is 0 Å². The average Bonchev–Trinajstić information content (AvgIpc) is 0.918. The van der Waals surface area contributed by atoms with Crippen molar-refractivity contribution < 1.29 is 32.3 Å². The summed E-state index contributed by atoms with van der Waals surface area (Å²) in [6.45, 7) is 0. The van der Waals surface area contributed by atoms with E-state index in [1.165, 1.54) is 0 Å². The van der Waals surface area contributed by atoms with Crippen molar-refractivity contribution in [3.63, 3.8) is 0 Å². The molecule has 4 heavy (non-hydrogen) atoms. The summed E-state index contributed by atoms with van der Waals surface area (Å²) in [6.07, 6.45) is 0. The maximum atomic E-state index is 8.58. The molecule has 0 atom stereocenters. The fraction of sp³-hybridized carbons (Fsp3) is 0. The van der Waals surface area contributed by atoms with Gasteiger partial charge in [-0.15, -0.1) is 0 Å². The second kappa shape index (κ2) is 9.41. The fourth-order valence-corrected chi connectivity index (χ4v) is 0. The first kappa shape index (κ1) is 8.82. The van der Waals surface area contributed by atoms with Crippen molar-refractivity contribution >= 4 is 0 Å². The van der Waals surface area contributed by atoms with Crippen LogP contribution in [0.15, 0.2) is 0 Å². The van der Waals surface area contributed by atoms with Gasteiger partial charge in [0.15, 0.2) is 0 Å². The zero-order valence-corrected chi connectivity index (χ0v) is 6.48. The van der Waals surface area contributed by atoms with Gasteiger partial charge in [0.2, 0.25) is 0 Å². The second-order valence-electron chi connectivity index (χ2n) is 0.0833. The summed E-state index contributed by atoms with van der Waals surface area (Å²) >= 11 is -2.51. The van der Waals surface area contributed by atoms with E-state index in [1.54, 1.807) is 0 Å². The van der Waals surface area contributed by atoms with Crippen LogP contribution in [0.2, 0.25) is 0 Å². The summed E-state index contributed by atoms with van der Waals surface area (Å²) in [4.78, 5) is 0. The normalized spacial score (nSPS) is 2.00. The van der Waals surface area contributed by atoms with Gasteiger partial charge in [-0.2, -0.15) is 0 Å². The van der Waals surface area contributed by atoms with Gasteiger partial charge in [-0.3, -0.25) is 0 Å². The summed E-state index contributed by atoms with van der Waals surface area (Å²) < 4.78 is 17.2. The van der Waals surface area contributed by atoms with Gasteiger partial charge in [0, 0.05) is 0 Å². The molecule has 0 aliphatic rings. The molecule has 0 saturated heterocycles. The van der Waals surface area contributed by atoms with Gasteiger partial charge in [0.05, 0.1) is 0 Å². The molecule has 0 heterocycles. The van der Waals surface area contributed by atoms with Gasteiger partial charge in [-0.25, -0.2) is 0 Å². The van der Waals surface area contributed by atoms with Crippen LogP contribution in [-0.2, 0) is 4.47 Å². The van der Waals surface area contributed by atoms with E-state index in [-0.39, 0.29) is 7.43 Å².